The first-order chi connectivity index (χ1) is 39.4. The number of phosphoric ester groups is 2. The number of carbonyl (C=O) groups excluding carboxylic acids is 4. The summed E-state index contributed by atoms with van der Waals surface area (Å²) in [6, 6.07) is 0. The minimum absolute atomic E-state index is 0.104. The summed E-state index contributed by atoms with van der Waals surface area (Å²) < 4.78 is 67.7. The van der Waals surface area contributed by atoms with Crippen molar-refractivity contribution in [1.29, 1.82) is 0 Å². The molecule has 0 spiro atoms. The molecule has 17 nitrogen and oxygen atoms in total. The van der Waals surface area contributed by atoms with Gasteiger partial charge in [0.05, 0.1) is 26.4 Å². The van der Waals surface area contributed by atoms with Gasteiger partial charge in [-0.25, -0.2) is 9.13 Å². The Hall–Kier alpha value is -1.94. The molecule has 0 aromatic carbocycles. The topological polar surface area (TPSA) is 237 Å². The van der Waals surface area contributed by atoms with Crippen LogP contribution in [-0.2, 0) is 65.4 Å². The number of hydrogen-bond acceptors (Lipinski definition) is 15. The lowest BCUT2D eigenvalue weighted by atomic mass is 10.0. The molecular formula is C63H122O17P2. The predicted molar refractivity (Wildman–Crippen MR) is 326 cm³/mol. The van der Waals surface area contributed by atoms with Gasteiger partial charge in [0.15, 0.2) is 12.2 Å². The summed E-state index contributed by atoms with van der Waals surface area (Å²) in [7, 11) is -9.87. The lowest BCUT2D eigenvalue weighted by Crippen LogP contribution is -2.30. The van der Waals surface area contributed by atoms with E-state index in [2.05, 4.69) is 41.5 Å². The molecule has 5 atom stereocenters. The predicted octanol–water partition coefficient (Wildman–Crippen LogP) is 17.3. The van der Waals surface area contributed by atoms with Crippen molar-refractivity contribution in [2.24, 2.45) is 11.8 Å². The summed E-state index contributed by atoms with van der Waals surface area (Å²) in [5.41, 5.74) is 0. The van der Waals surface area contributed by atoms with Crippen molar-refractivity contribution in [3.8, 4) is 0 Å². The van der Waals surface area contributed by atoms with Crippen LogP contribution in [0.5, 0.6) is 0 Å². The SMILES string of the molecule is CCCCCCCCCCC(=O)O[C@H](COC(=O)CCCCCCC)COP(=O)(O)OC[C@H](O)COP(=O)(O)OC[C@@H](COC(=O)CCCCCCCCCCCC(C)C)OC(=O)CCCCCCCCCCCCCCCCC(C)C. The maximum atomic E-state index is 13.0. The Morgan fingerprint density at radius 2 is 0.561 bits per heavy atom. The number of unbranched alkanes of at least 4 members (excludes halogenated alkanes) is 32. The highest BCUT2D eigenvalue weighted by atomic mass is 31.2. The molecule has 82 heavy (non-hydrogen) atoms. The van der Waals surface area contributed by atoms with Crippen LogP contribution in [0.4, 0.5) is 0 Å². The van der Waals surface area contributed by atoms with Crippen LogP contribution < -0.4 is 0 Å². The van der Waals surface area contributed by atoms with Crippen molar-refractivity contribution >= 4 is 39.5 Å². The minimum atomic E-state index is -4.94. The van der Waals surface area contributed by atoms with Gasteiger partial charge in [-0.1, -0.05) is 260 Å². The van der Waals surface area contributed by atoms with Crippen LogP contribution in [0.2, 0.25) is 0 Å². The number of esters is 4. The number of ether oxygens (including phenoxy) is 4. The zero-order valence-corrected chi connectivity index (χ0v) is 54.6. The van der Waals surface area contributed by atoms with E-state index in [1.165, 1.54) is 116 Å². The first-order valence-corrected chi connectivity index (χ1v) is 36.0. The van der Waals surface area contributed by atoms with E-state index in [1.807, 2.05) is 0 Å². The molecule has 0 fully saturated rings. The number of rotatable bonds is 62. The monoisotopic (exact) mass is 1210 g/mol. The number of hydrogen-bond donors (Lipinski definition) is 3. The van der Waals surface area contributed by atoms with Crippen LogP contribution in [0.1, 0.15) is 311 Å². The van der Waals surface area contributed by atoms with Gasteiger partial charge in [-0.2, -0.15) is 0 Å². The third kappa shape index (κ3) is 57.2. The van der Waals surface area contributed by atoms with Crippen molar-refractivity contribution in [3.63, 3.8) is 0 Å². The van der Waals surface area contributed by atoms with Gasteiger partial charge in [0, 0.05) is 25.7 Å². The van der Waals surface area contributed by atoms with Crippen molar-refractivity contribution in [1.82, 2.24) is 0 Å². The van der Waals surface area contributed by atoms with Crippen molar-refractivity contribution in [3.05, 3.63) is 0 Å². The second-order valence-corrected chi connectivity index (χ2v) is 26.7. The molecule has 0 saturated heterocycles. The largest absolute Gasteiger partial charge is 0.472 e. The van der Waals surface area contributed by atoms with Gasteiger partial charge in [-0.05, 0) is 37.5 Å². The van der Waals surface area contributed by atoms with Crippen LogP contribution in [0.25, 0.3) is 0 Å². The molecule has 0 aromatic rings. The number of aliphatic hydroxyl groups is 1. The zero-order chi connectivity index (χ0) is 60.8. The number of phosphoric acid groups is 2. The highest BCUT2D eigenvalue weighted by Crippen LogP contribution is 2.45. The van der Waals surface area contributed by atoms with Crippen LogP contribution in [0.15, 0.2) is 0 Å². The summed E-state index contributed by atoms with van der Waals surface area (Å²) in [6.45, 7) is 9.38. The fourth-order valence-electron chi connectivity index (χ4n) is 9.35. The molecular weight excluding hydrogens is 1090 g/mol. The fourth-order valence-corrected chi connectivity index (χ4v) is 10.9. The Bertz CT molecular complexity index is 1620. The number of aliphatic hydroxyl groups excluding tert-OH is 1. The first-order valence-electron chi connectivity index (χ1n) is 33.0. The van der Waals surface area contributed by atoms with Crippen LogP contribution in [0.3, 0.4) is 0 Å². The van der Waals surface area contributed by atoms with E-state index in [4.69, 9.17) is 37.0 Å². The van der Waals surface area contributed by atoms with Gasteiger partial charge in [-0.15, -0.1) is 0 Å². The maximum Gasteiger partial charge on any atom is 0.472 e. The van der Waals surface area contributed by atoms with Crippen molar-refractivity contribution in [2.45, 2.75) is 330 Å². The van der Waals surface area contributed by atoms with Gasteiger partial charge in [0.25, 0.3) is 0 Å². The summed E-state index contributed by atoms with van der Waals surface area (Å²) in [5, 5.41) is 10.5. The molecule has 0 saturated carbocycles. The van der Waals surface area contributed by atoms with Gasteiger partial charge in [0.2, 0.25) is 0 Å². The Morgan fingerprint density at radius 1 is 0.329 bits per heavy atom. The quantitative estimate of drug-likeness (QED) is 0.0222. The fraction of sp³-hybridized carbons (Fsp3) is 0.937. The molecule has 0 radical (unpaired) electrons. The molecule has 0 aliphatic rings. The first kappa shape index (κ1) is 80.1. The van der Waals surface area contributed by atoms with E-state index >= 15 is 0 Å². The standard InChI is InChI=1S/C63H122O17P2/c1-7-9-11-13-14-28-35-41-47-62(67)79-58(51-73-60(65)45-39-31-12-10-8-2)53-77-81(69,70)75-49-57(64)50-76-82(71,72)78-54-59(52-74-61(66)46-40-34-29-25-21-23-27-33-38-44-56(5)6)80-63(68)48-42-36-30-24-20-18-16-15-17-19-22-26-32-37-43-55(3)4/h55-59,64H,7-54H2,1-6H3,(H,69,70)(H,71,72)/t57-,58+,59+/m0/s1. The summed E-state index contributed by atoms with van der Waals surface area (Å²) >= 11 is 0. The normalized spacial score (nSPS) is 14.3. The number of carbonyl (C=O) groups is 4. The van der Waals surface area contributed by atoms with Crippen molar-refractivity contribution in [2.75, 3.05) is 39.6 Å². The Labute approximate surface area is 498 Å². The van der Waals surface area contributed by atoms with E-state index in [0.29, 0.717) is 25.7 Å². The van der Waals surface area contributed by atoms with Gasteiger partial charge >= 0.3 is 39.5 Å². The minimum Gasteiger partial charge on any atom is -0.462 e. The molecule has 2 unspecified atom stereocenters. The highest BCUT2D eigenvalue weighted by molar-refractivity contribution is 7.47. The molecule has 19 heteroatoms. The Kier molecular flexibility index (Phi) is 54.3. The van der Waals surface area contributed by atoms with E-state index in [0.717, 1.165) is 115 Å². The van der Waals surface area contributed by atoms with E-state index in [1.54, 1.807) is 0 Å². The molecule has 486 valence electrons. The average Bonchev–Trinajstić information content (AvgIpc) is 3.45. The lowest BCUT2D eigenvalue weighted by Gasteiger charge is -2.21. The van der Waals surface area contributed by atoms with Gasteiger partial charge in [0.1, 0.15) is 19.3 Å². The summed E-state index contributed by atoms with van der Waals surface area (Å²) in [6.07, 6.45) is 38.0. The van der Waals surface area contributed by atoms with E-state index in [9.17, 15) is 43.2 Å². The molecule has 0 heterocycles. The second-order valence-electron chi connectivity index (χ2n) is 23.7. The van der Waals surface area contributed by atoms with Crippen LogP contribution in [0, 0.1) is 11.8 Å². The molecule has 3 N–H and O–H groups in total. The van der Waals surface area contributed by atoms with E-state index in [-0.39, 0.29) is 25.7 Å². The van der Waals surface area contributed by atoms with E-state index < -0.39 is 97.5 Å². The van der Waals surface area contributed by atoms with Gasteiger partial charge < -0.3 is 33.8 Å². The second kappa shape index (κ2) is 55.6. The molecule has 0 rings (SSSR count). The molecule has 0 aliphatic heterocycles. The van der Waals surface area contributed by atoms with Crippen LogP contribution in [-0.4, -0.2) is 96.7 Å². The van der Waals surface area contributed by atoms with Crippen molar-refractivity contribution < 1.29 is 80.2 Å². The zero-order valence-electron chi connectivity index (χ0n) is 52.8. The lowest BCUT2D eigenvalue weighted by molar-refractivity contribution is -0.161. The summed E-state index contributed by atoms with van der Waals surface area (Å²) in [5.74, 6) is -0.609. The molecule has 0 amide bonds. The average molecular weight is 1210 g/mol. The van der Waals surface area contributed by atoms with Gasteiger partial charge in [-0.3, -0.25) is 37.3 Å². The maximum absolute atomic E-state index is 13.0. The Morgan fingerprint density at radius 3 is 0.829 bits per heavy atom. The smallest absolute Gasteiger partial charge is 0.462 e. The third-order valence-corrected chi connectivity index (χ3v) is 16.4. The van der Waals surface area contributed by atoms with Crippen LogP contribution >= 0.6 is 15.6 Å². The third-order valence-electron chi connectivity index (χ3n) is 14.5. The Balaban J connectivity index is 5.15. The molecule has 0 aromatic heterocycles. The summed E-state index contributed by atoms with van der Waals surface area (Å²) in [4.78, 5) is 71.8. The highest BCUT2D eigenvalue weighted by Gasteiger charge is 2.30. The molecule has 0 aliphatic carbocycles. The molecule has 0 bridgehead atoms.